The summed E-state index contributed by atoms with van der Waals surface area (Å²) in [5, 5.41) is 0. The number of carbonyl (C=O) groups is 2. The quantitative estimate of drug-likeness (QED) is 0.464. The molecule has 0 saturated carbocycles. The van der Waals surface area contributed by atoms with Crippen LogP contribution < -0.4 is 0 Å². The number of benzene rings is 2. The van der Waals surface area contributed by atoms with Gasteiger partial charge < -0.3 is 0 Å². The topological polar surface area (TPSA) is 143 Å². The standard InChI is InChI=1S/C14H8O8S2.K/c15-13-9-3-1-7(23(17,18)19)5-11(9)14(16)10-4-2-8(6-12(10)13)24(20,21)22;/h1-6H,(H,17,18,19)(H,20,21,22);. The van der Waals surface area contributed by atoms with Gasteiger partial charge in [0.25, 0.3) is 20.2 Å². The van der Waals surface area contributed by atoms with Crippen molar-refractivity contribution in [2.45, 2.75) is 9.79 Å². The molecule has 0 amide bonds. The normalized spacial score (nSPS) is 13.7. The second-order valence-corrected chi connectivity index (χ2v) is 7.87. The second-order valence-electron chi connectivity index (χ2n) is 5.02. The molecule has 0 aromatic heterocycles. The Kier molecular flexibility index (Phi) is 5.55. The first-order valence-electron chi connectivity index (χ1n) is 6.32. The van der Waals surface area contributed by atoms with E-state index in [2.05, 4.69) is 0 Å². The molecular formula is C14H8KO8S2. The van der Waals surface area contributed by atoms with Crippen molar-refractivity contribution in [2.24, 2.45) is 0 Å². The van der Waals surface area contributed by atoms with Gasteiger partial charge in [0.05, 0.1) is 9.79 Å². The van der Waals surface area contributed by atoms with Crippen molar-refractivity contribution in [1.29, 1.82) is 0 Å². The Labute approximate surface area is 185 Å². The van der Waals surface area contributed by atoms with E-state index >= 15 is 0 Å². The van der Waals surface area contributed by atoms with Crippen LogP contribution in [0.1, 0.15) is 31.8 Å². The van der Waals surface area contributed by atoms with Crippen molar-refractivity contribution in [3.8, 4) is 0 Å². The van der Waals surface area contributed by atoms with Crippen LogP contribution in [0.15, 0.2) is 46.2 Å². The summed E-state index contributed by atoms with van der Waals surface area (Å²) in [5.74, 6) is -1.40. The molecule has 8 nitrogen and oxygen atoms in total. The summed E-state index contributed by atoms with van der Waals surface area (Å²) in [5.41, 5.74) is -0.704. The minimum absolute atomic E-state index is 0. The zero-order valence-corrected chi connectivity index (χ0v) is 17.4. The molecule has 0 bridgehead atoms. The molecule has 2 aromatic carbocycles. The number of carbonyl (C=O) groups excluding carboxylic acids is 2. The summed E-state index contributed by atoms with van der Waals surface area (Å²) in [4.78, 5) is 23.8. The molecule has 125 valence electrons. The van der Waals surface area contributed by atoms with E-state index in [1.165, 1.54) is 0 Å². The van der Waals surface area contributed by atoms with Crippen LogP contribution in [-0.2, 0) is 20.2 Å². The smallest absolute Gasteiger partial charge is 0.289 e. The Bertz CT molecular complexity index is 1040. The zero-order chi connectivity index (χ0) is 17.9. The molecule has 0 fully saturated rings. The van der Waals surface area contributed by atoms with E-state index in [1.807, 2.05) is 0 Å². The average molecular weight is 407 g/mol. The minimum Gasteiger partial charge on any atom is -0.289 e. The van der Waals surface area contributed by atoms with Crippen LogP contribution in [0.5, 0.6) is 0 Å². The van der Waals surface area contributed by atoms with Crippen molar-refractivity contribution in [2.75, 3.05) is 0 Å². The van der Waals surface area contributed by atoms with Gasteiger partial charge in [-0.15, -0.1) is 0 Å². The molecule has 1 aliphatic carbocycles. The number of fused-ring (bicyclic) bond motifs is 2. The van der Waals surface area contributed by atoms with Crippen molar-refractivity contribution in [1.82, 2.24) is 0 Å². The van der Waals surface area contributed by atoms with Gasteiger partial charge in [0.1, 0.15) is 0 Å². The van der Waals surface area contributed by atoms with Crippen molar-refractivity contribution in [3.05, 3.63) is 58.7 Å². The van der Waals surface area contributed by atoms with Gasteiger partial charge in [0.2, 0.25) is 0 Å². The Morgan fingerprint density at radius 1 is 0.600 bits per heavy atom. The molecule has 0 unspecified atom stereocenters. The first kappa shape index (κ1) is 20.5. The van der Waals surface area contributed by atoms with Crippen LogP contribution in [0, 0.1) is 0 Å². The molecule has 11 heteroatoms. The Balaban J connectivity index is 0.00000225. The fraction of sp³-hybridized carbons (Fsp3) is 0. The summed E-state index contributed by atoms with van der Waals surface area (Å²) in [6.45, 7) is 0. The van der Waals surface area contributed by atoms with E-state index in [9.17, 15) is 26.4 Å². The zero-order valence-electron chi connectivity index (χ0n) is 12.6. The van der Waals surface area contributed by atoms with Gasteiger partial charge >= 0.3 is 0 Å². The third-order valence-electron chi connectivity index (χ3n) is 3.56. The number of rotatable bonds is 2. The molecule has 2 N–H and O–H groups in total. The molecule has 0 heterocycles. The summed E-state index contributed by atoms with van der Waals surface area (Å²) >= 11 is 0. The number of ketones is 2. The molecule has 25 heavy (non-hydrogen) atoms. The predicted octanol–water partition coefficient (Wildman–Crippen LogP) is 0.575. The van der Waals surface area contributed by atoms with Gasteiger partial charge in [-0.25, -0.2) is 0 Å². The molecule has 0 aliphatic heterocycles. The van der Waals surface area contributed by atoms with Crippen molar-refractivity contribution in [3.63, 3.8) is 0 Å². The van der Waals surface area contributed by atoms with Gasteiger partial charge in [-0.2, -0.15) is 16.8 Å². The molecule has 3 rings (SSSR count). The molecule has 0 spiro atoms. The molecular weight excluding hydrogens is 399 g/mol. The Morgan fingerprint density at radius 3 is 1.20 bits per heavy atom. The predicted molar refractivity (Wildman–Crippen MR) is 85.1 cm³/mol. The van der Waals surface area contributed by atoms with Crippen LogP contribution in [-0.4, -0.2) is 88.9 Å². The molecule has 1 radical (unpaired) electrons. The first-order valence-corrected chi connectivity index (χ1v) is 9.20. The second kappa shape index (κ2) is 6.76. The summed E-state index contributed by atoms with van der Waals surface area (Å²) in [6.07, 6.45) is 0. The van der Waals surface area contributed by atoms with Crippen LogP contribution in [0.4, 0.5) is 0 Å². The molecule has 1 aliphatic rings. The summed E-state index contributed by atoms with van der Waals surface area (Å²) in [7, 11) is -9.11. The minimum atomic E-state index is -4.56. The van der Waals surface area contributed by atoms with Crippen LogP contribution in [0.2, 0.25) is 0 Å². The largest absolute Gasteiger partial charge is 0.294 e. The van der Waals surface area contributed by atoms with Crippen molar-refractivity contribution >= 4 is 83.2 Å². The van der Waals surface area contributed by atoms with Gasteiger partial charge in [-0.3, -0.25) is 18.7 Å². The SMILES string of the molecule is O=C1c2ccc(S(=O)(=O)O)cc2C(=O)c2ccc(S(=O)(=O)O)cc21.[K]. The van der Waals surface area contributed by atoms with Crippen LogP contribution in [0.25, 0.3) is 0 Å². The maximum Gasteiger partial charge on any atom is 0.294 e. The first-order chi connectivity index (χ1) is 11.0. The van der Waals surface area contributed by atoms with Gasteiger partial charge in [0.15, 0.2) is 11.6 Å². The molecule has 0 atom stereocenters. The van der Waals surface area contributed by atoms with E-state index in [0.29, 0.717) is 0 Å². The van der Waals surface area contributed by atoms with Crippen LogP contribution >= 0.6 is 0 Å². The molecule has 0 saturated heterocycles. The third kappa shape index (κ3) is 3.70. The maximum atomic E-state index is 12.5. The van der Waals surface area contributed by atoms with E-state index in [4.69, 9.17) is 9.11 Å². The fourth-order valence-corrected chi connectivity index (χ4v) is 3.44. The van der Waals surface area contributed by atoms with Gasteiger partial charge in [-0.05, 0) is 36.4 Å². The summed E-state index contributed by atoms with van der Waals surface area (Å²) in [6, 6.07) is 5.78. The number of hydrogen-bond acceptors (Lipinski definition) is 6. The molecule has 2 aromatic rings. The van der Waals surface area contributed by atoms with Crippen molar-refractivity contribution < 1.29 is 35.5 Å². The van der Waals surface area contributed by atoms with E-state index in [0.717, 1.165) is 36.4 Å². The number of hydrogen-bond donors (Lipinski definition) is 2. The van der Waals surface area contributed by atoms with E-state index in [1.54, 1.807) is 0 Å². The average Bonchev–Trinajstić information content (AvgIpc) is 2.49. The summed E-state index contributed by atoms with van der Waals surface area (Å²) < 4.78 is 62.8. The Hall–Kier alpha value is -0.764. The monoisotopic (exact) mass is 407 g/mol. The maximum absolute atomic E-state index is 12.5. The Morgan fingerprint density at radius 2 is 0.920 bits per heavy atom. The fourth-order valence-electron chi connectivity index (χ4n) is 2.43. The van der Waals surface area contributed by atoms with E-state index in [-0.39, 0.29) is 73.6 Å². The third-order valence-corrected chi connectivity index (χ3v) is 5.26. The van der Waals surface area contributed by atoms with Crippen LogP contribution in [0.3, 0.4) is 0 Å². The van der Waals surface area contributed by atoms with Gasteiger partial charge in [0, 0.05) is 73.6 Å². The van der Waals surface area contributed by atoms with E-state index < -0.39 is 41.6 Å². The van der Waals surface area contributed by atoms with Gasteiger partial charge in [-0.1, -0.05) is 0 Å².